The third-order valence-corrected chi connectivity index (χ3v) is 3.42. The molecule has 1 aliphatic carbocycles. The van der Waals surface area contributed by atoms with Gasteiger partial charge in [0.25, 0.3) is 0 Å². The summed E-state index contributed by atoms with van der Waals surface area (Å²) in [5.41, 5.74) is 0.154. The highest BCUT2D eigenvalue weighted by Crippen LogP contribution is 2.46. The minimum Gasteiger partial charge on any atom is -0.355 e. The van der Waals surface area contributed by atoms with Crippen molar-refractivity contribution in [2.75, 3.05) is 19.6 Å². The van der Waals surface area contributed by atoms with Gasteiger partial charge < -0.3 is 16.0 Å². The zero-order valence-electron chi connectivity index (χ0n) is 11.7. The molecule has 0 unspecified atom stereocenters. The maximum atomic E-state index is 11.6. The van der Waals surface area contributed by atoms with E-state index in [9.17, 15) is 9.59 Å². The standard InChI is InChI=1S/C13H21N5O2/c1-11(19)14-6-7-15-12(20)16-9-13(3-4-13)10-18-8-2-5-17-18/h2,5,8H,3-4,6-7,9-10H2,1H3,(H,14,19)(H2,15,16,20). The van der Waals surface area contributed by atoms with Gasteiger partial charge in [-0.25, -0.2) is 4.79 Å². The maximum absolute atomic E-state index is 11.6. The van der Waals surface area contributed by atoms with Crippen molar-refractivity contribution in [1.82, 2.24) is 25.7 Å². The topological polar surface area (TPSA) is 88.0 Å². The maximum Gasteiger partial charge on any atom is 0.314 e. The Labute approximate surface area is 118 Å². The first-order valence-corrected chi connectivity index (χ1v) is 6.83. The van der Waals surface area contributed by atoms with Gasteiger partial charge in [-0.3, -0.25) is 9.48 Å². The van der Waals surface area contributed by atoms with Gasteiger partial charge in [0, 0.05) is 50.9 Å². The van der Waals surface area contributed by atoms with Crippen LogP contribution in [-0.4, -0.2) is 41.4 Å². The fourth-order valence-electron chi connectivity index (χ4n) is 2.05. The Bertz CT molecular complexity index is 453. The van der Waals surface area contributed by atoms with Crippen LogP contribution in [0.25, 0.3) is 0 Å². The normalized spacial score (nSPS) is 15.4. The number of hydrogen-bond acceptors (Lipinski definition) is 3. The van der Waals surface area contributed by atoms with Crippen molar-refractivity contribution in [3.8, 4) is 0 Å². The number of carbonyl (C=O) groups excluding carboxylic acids is 2. The number of hydrogen-bond donors (Lipinski definition) is 3. The summed E-state index contributed by atoms with van der Waals surface area (Å²) in [4.78, 5) is 22.3. The number of aromatic nitrogens is 2. The van der Waals surface area contributed by atoms with Crippen molar-refractivity contribution < 1.29 is 9.59 Å². The molecule has 1 fully saturated rings. The highest BCUT2D eigenvalue weighted by Gasteiger charge is 2.43. The van der Waals surface area contributed by atoms with E-state index in [1.54, 1.807) is 6.20 Å². The minimum atomic E-state index is -0.193. The minimum absolute atomic E-state index is 0.0941. The van der Waals surface area contributed by atoms with E-state index in [-0.39, 0.29) is 17.4 Å². The molecule has 110 valence electrons. The number of amides is 3. The molecule has 0 atom stereocenters. The van der Waals surface area contributed by atoms with E-state index in [4.69, 9.17) is 0 Å². The molecule has 1 aliphatic rings. The van der Waals surface area contributed by atoms with E-state index in [1.807, 2.05) is 16.9 Å². The molecule has 0 aromatic carbocycles. The predicted molar refractivity (Wildman–Crippen MR) is 74.0 cm³/mol. The molecule has 0 radical (unpaired) electrons. The Morgan fingerprint density at radius 3 is 2.60 bits per heavy atom. The Morgan fingerprint density at radius 1 is 1.25 bits per heavy atom. The highest BCUT2D eigenvalue weighted by molar-refractivity contribution is 5.74. The molecular weight excluding hydrogens is 258 g/mol. The van der Waals surface area contributed by atoms with Gasteiger partial charge in [0.05, 0.1) is 0 Å². The molecule has 20 heavy (non-hydrogen) atoms. The van der Waals surface area contributed by atoms with E-state index in [0.717, 1.165) is 19.4 Å². The molecule has 7 nitrogen and oxygen atoms in total. The van der Waals surface area contributed by atoms with E-state index in [0.29, 0.717) is 19.6 Å². The Kier molecular flexibility index (Phi) is 4.60. The molecule has 1 saturated carbocycles. The van der Waals surface area contributed by atoms with Gasteiger partial charge >= 0.3 is 6.03 Å². The van der Waals surface area contributed by atoms with Gasteiger partial charge in [0.1, 0.15) is 0 Å². The smallest absolute Gasteiger partial charge is 0.314 e. The SMILES string of the molecule is CC(=O)NCCNC(=O)NCC1(Cn2cccn2)CC1. The fraction of sp³-hybridized carbons (Fsp3) is 0.615. The first-order valence-electron chi connectivity index (χ1n) is 6.83. The lowest BCUT2D eigenvalue weighted by Gasteiger charge is -2.16. The second kappa shape index (κ2) is 6.40. The number of urea groups is 1. The fourth-order valence-corrected chi connectivity index (χ4v) is 2.05. The number of nitrogens with zero attached hydrogens (tertiary/aromatic N) is 2. The zero-order chi connectivity index (χ0) is 14.4. The third kappa shape index (κ3) is 4.56. The van der Waals surface area contributed by atoms with Crippen LogP contribution >= 0.6 is 0 Å². The molecule has 0 spiro atoms. The molecule has 7 heteroatoms. The van der Waals surface area contributed by atoms with Gasteiger partial charge in [0.2, 0.25) is 5.91 Å². The molecule has 3 N–H and O–H groups in total. The van der Waals surface area contributed by atoms with Crippen LogP contribution in [0.1, 0.15) is 19.8 Å². The second-order valence-electron chi connectivity index (χ2n) is 5.30. The molecule has 2 rings (SSSR count). The Morgan fingerprint density at radius 2 is 2.00 bits per heavy atom. The van der Waals surface area contributed by atoms with E-state index < -0.39 is 0 Å². The van der Waals surface area contributed by atoms with Crippen LogP contribution in [0.15, 0.2) is 18.5 Å². The summed E-state index contributed by atoms with van der Waals surface area (Å²) in [6.07, 6.45) is 5.92. The molecule has 0 aliphatic heterocycles. The van der Waals surface area contributed by atoms with Crippen LogP contribution in [0.4, 0.5) is 4.79 Å². The Hall–Kier alpha value is -2.05. The number of rotatable bonds is 7. The number of carbonyl (C=O) groups is 2. The third-order valence-electron chi connectivity index (χ3n) is 3.42. The van der Waals surface area contributed by atoms with Gasteiger partial charge in [-0.05, 0) is 18.9 Å². The average molecular weight is 279 g/mol. The molecule has 1 aromatic rings. The number of nitrogens with one attached hydrogen (secondary N) is 3. The zero-order valence-corrected chi connectivity index (χ0v) is 11.7. The molecule has 3 amide bonds. The van der Waals surface area contributed by atoms with Crippen molar-refractivity contribution in [2.45, 2.75) is 26.3 Å². The lowest BCUT2D eigenvalue weighted by atomic mass is 10.1. The molecule has 0 saturated heterocycles. The van der Waals surface area contributed by atoms with E-state index in [1.165, 1.54) is 6.92 Å². The van der Waals surface area contributed by atoms with Crippen molar-refractivity contribution in [1.29, 1.82) is 0 Å². The summed E-state index contributed by atoms with van der Waals surface area (Å²) < 4.78 is 1.91. The predicted octanol–water partition coefficient (Wildman–Crippen LogP) is 0.0986. The molecule has 1 heterocycles. The monoisotopic (exact) mass is 279 g/mol. The van der Waals surface area contributed by atoms with Crippen LogP contribution < -0.4 is 16.0 Å². The largest absolute Gasteiger partial charge is 0.355 e. The van der Waals surface area contributed by atoms with Crippen LogP contribution in [0.2, 0.25) is 0 Å². The van der Waals surface area contributed by atoms with E-state index >= 15 is 0 Å². The van der Waals surface area contributed by atoms with Crippen molar-refractivity contribution in [2.24, 2.45) is 5.41 Å². The van der Waals surface area contributed by atoms with Crippen molar-refractivity contribution in [3.63, 3.8) is 0 Å². The summed E-state index contributed by atoms with van der Waals surface area (Å²) in [5, 5.41) is 12.4. The average Bonchev–Trinajstić information content (AvgIpc) is 2.97. The van der Waals surface area contributed by atoms with Crippen LogP contribution in [0, 0.1) is 5.41 Å². The van der Waals surface area contributed by atoms with Crippen LogP contribution in [-0.2, 0) is 11.3 Å². The molecule has 1 aromatic heterocycles. The molecular formula is C13H21N5O2. The lowest BCUT2D eigenvalue weighted by molar-refractivity contribution is -0.118. The van der Waals surface area contributed by atoms with Gasteiger partial charge in [0.15, 0.2) is 0 Å². The van der Waals surface area contributed by atoms with Crippen molar-refractivity contribution in [3.05, 3.63) is 18.5 Å². The van der Waals surface area contributed by atoms with Gasteiger partial charge in [-0.2, -0.15) is 5.10 Å². The van der Waals surface area contributed by atoms with Crippen LogP contribution in [0.5, 0.6) is 0 Å². The molecule has 0 bridgehead atoms. The highest BCUT2D eigenvalue weighted by atomic mass is 16.2. The van der Waals surface area contributed by atoms with Crippen molar-refractivity contribution >= 4 is 11.9 Å². The van der Waals surface area contributed by atoms with Gasteiger partial charge in [-0.1, -0.05) is 0 Å². The quantitative estimate of drug-likeness (QED) is 0.618. The lowest BCUT2D eigenvalue weighted by Crippen LogP contribution is -2.42. The second-order valence-corrected chi connectivity index (χ2v) is 5.30. The summed E-state index contributed by atoms with van der Waals surface area (Å²) in [7, 11) is 0. The summed E-state index contributed by atoms with van der Waals surface area (Å²) >= 11 is 0. The van der Waals surface area contributed by atoms with E-state index in [2.05, 4.69) is 21.0 Å². The van der Waals surface area contributed by atoms with Gasteiger partial charge in [-0.15, -0.1) is 0 Å². The first kappa shape index (κ1) is 14.4. The van der Waals surface area contributed by atoms with Crippen LogP contribution in [0.3, 0.4) is 0 Å². The summed E-state index contributed by atoms with van der Waals surface area (Å²) in [5.74, 6) is -0.0941. The first-order chi connectivity index (χ1) is 9.60. The summed E-state index contributed by atoms with van der Waals surface area (Å²) in [6, 6.07) is 1.71. The summed E-state index contributed by atoms with van der Waals surface area (Å²) in [6.45, 7) is 3.82. The Balaban J connectivity index is 1.62.